The standard InChI is InChI=1S/C12H11F2N5O4/c13-4-1-19(8-5(4)9(22)18-11(16)17-8)10-6(14)7(21)12(2-15,3-20)23-10/h1,6-7,10,20-21H,3H2,(H3,16,17,18,22). The molecule has 1 saturated heterocycles. The zero-order chi connectivity index (χ0) is 16.9. The fourth-order valence-electron chi connectivity index (χ4n) is 2.53. The summed E-state index contributed by atoms with van der Waals surface area (Å²) in [7, 11) is 0. The van der Waals surface area contributed by atoms with E-state index < -0.39 is 53.7 Å². The maximum atomic E-state index is 14.4. The Labute approximate surface area is 127 Å². The normalized spacial score (nSPS) is 30.7. The minimum Gasteiger partial charge on any atom is -0.493 e. The number of anilines is 1. The molecule has 0 radical (unpaired) electrons. The molecule has 23 heavy (non-hydrogen) atoms. The van der Waals surface area contributed by atoms with E-state index in [0.717, 1.165) is 10.8 Å². The summed E-state index contributed by atoms with van der Waals surface area (Å²) in [6, 6.07) is 1.51. The van der Waals surface area contributed by atoms with E-state index in [1.165, 1.54) is 6.07 Å². The van der Waals surface area contributed by atoms with E-state index in [4.69, 9.17) is 15.7 Å². The zero-order valence-corrected chi connectivity index (χ0v) is 11.4. The fraction of sp³-hybridized carbons (Fsp3) is 0.417. The highest BCUT2D eigenvalue weighted by Gasteiger charge is 2.56. The molecule has 3 rings (SSSR count). The van der Waals surface area contributed by atoms with Crippen molar-refractivity contribution in [2.45, 2.75) is 24.1 Å². The van der Waals surface area contributed by atoms with Gasteiger partial charge in [0.15, 0.2) is 23.9 Å². The number of ether oxygens (including phenoxy) is 1. The number of aliphatic hydroxyl groups is 2. The van der Waals surface area contributed by atoms with Gasteiger partial charge in [0.05, 0.1) is 6.61 Å². The number of halogens is 2. The van der Waals surface area contributed by atoms with Crippen molar-refractivity contribution >= 4 is 17.0 Å². The van der Waals surface area contributed by atoms with Crippen molar-refractivity contribution < 1.29 is 28.8 Å². The first-order chi connectivity index (χ1) is 10.8. The molecule has 0 saturated carbocycles. The van der Waals surface area contributed by atoms with E-state index in [9.17, 15) is 24.1 Å². The average Bonchev–Trinajstić information content (AvgIpc) is 2.96. The van der Waals surface area contributed by atoms with Gasteiger partial charge in [0, 0.05) is 6.20 Å². The van der Waals surface area contributed by atoms with E-state index in [1.54, 1.807) is 0 Å². The lowest BCUT2D eigenvalue weighted by molar-refractivity contribution is -0.0912. The second-order valence-corrected chi connectivity index (χ2v) is 5.05. The van der Waals surface area contributed by atoms with Crippen molar-refractivity contribution in [2.24, 2.45) is 0 Å². The van der Waals surface area contributed by atoms with E-state index in [2.05, 4.69) is 9.97 Å². The van der Waals surface area contributed by atoms with Crippen LogP contribution in [-0.2, 0) is 4.74 Å². The van der Waals surface area contributed by atoms with Gasteiger partial charge in [-0.05, 0) is 0 Å². The Kier molecular flexibility index (Phi) is 3.33. The maximum Gasteiger partial charge on any atom is 0.228 e. The zero-order valence-electron chi connectivity index (χ0n) is 11.4. The predicted octanol–water partition coefficient (Wildman–Crippen LogP) is -0.659. The first-order valence-corrected chi connectivity index (χ1v) is 6.39. The lowest BCUT2D eigenvalue weighted by Crippen LogP contribution is -2.44. The smallest absolute Gasteiger partial charge is 0.228 e. The molecule has 4 unspecified atom stereocenters. The lowest BCUT2D eigenvalue weighted by Gasteiger charge is -2.21. The summed E-state index contributed by atoms with van der Waals surface area (Å²) in [4.78, 5) is 7.11. The quantitative estimate of drug-likeness (QED) is 0.567. The van der Waals surface area contributed by atoms with Crippen LogP contribution in [0.25, 0.3) is 11.0 Å². The summed E-state index contributed by atoms with van der Waals surface area (Å²) in [6.07, 6.45) is -5.00. The molecule has 2 aromatic heterocycles. The molecule has 11 heteroatoms. The van der Waals surface area contributed by atoms with Crippen LogP contribution in [0.2, 0.25) is 0 Å². The van der Waals surface area contributed by atoms with Gasteiger partial charge in [0.2, 0.25) is 17.4 Å². The van der Waals surface area contributed by atoms with E-state index in [1.807, 2.05) is 0 Å². The number of nitrogen functional groups attached to an aromatic ring is 1. The monoisotopic (exact) mass is 327 g/mol. The van der Waals surface area contributed by atoms with Gasteiger partial charge < -0.3 is 25.8 Å². The molecule has 9 nitrogen and oxygen atoms in total. The van der Waals surface area contributed by atoms with Crippen molar-refractivity contribution in [3.05, 3.63) is 12.0 Å². The number of hydrogen-bond donors (Lipinski definition) is 4. The van der Waals surface area contributed by atoms with Crippen LogP contribution >= 0.6 is 0 Å². The Bertz CT molecular complexity index is 822. The Morgan fingerprint density at radius 1 is 1.52 bits per heavy atom. The van der Waals surface area contributed by atoms with Gasteiger partial charge in [0.25, 0.3) is 0 Å². The molecule has 0 bridgehead atoms. The highest BCUT2D eigenvalue weighted by Crippen LogP contribution is 2.41. The minimum atomic E-state index is -2.20. The van der Waals surface area contributed by atoms with Crippen LogP contribution < -0.4 is 5.73 Å². The largest absolute Gasteiger partial charge is 0.493 e. The van der Waals surface area contributed by atoms with Crippen LogP contribution in [0, 0.1) is 17.1 Å². The van der Waals surface area contributed by atoms with E-state index in [-0.39, 0.29) is 5.65 Å². The Morgan fingerprint density at radius 3 is 2.78 bits per heavy atom. The van der Waals surface area contributed by atoms with E-state index in [0.29, 0.717) is 0 Å². The summed E-state index contributed by atoms with van der Waals surface area (Å²) in [5.74, 6) is -2.11. The third-order valence-electron chi connectivity index (χ3n) is 3.71. The van der Waals surface area contributed by atoms with Gasteiger partial charge in [-0.1, -0.05) is 0 Å². The first kappa shape index (κ1) is 15.3. The maximum absolute atomic E-state index is 14.4. The van der Waals surface area contributed by atoms with Gasteiger partial charge in [-0.25, -0.2) is 8.78 Å². The van der Waals surface area contributed by atoms with Crippen LogP contribution in [-0.4, -0.2) is 54.3 Å². The topological polar surface area (TPSA) is 150 Å². The number of aromatic nitrogens is 3. The van der Waals surface area contributed by atoms with Crippen LogP contribution in [0.1, 0.15) is 6.23 Å². The van der Waals surface area contributed by atoms with Gasteiger partial charge in [0.1, 0.15) is 17.6 Å². The molecule has 4 atom stereocenters. The molecule has 0 aliphatic carbocycles. The van der Waals surface area contributed by atoms with Crippen LogP contribution in [0.4, 0.5) is 14.7 Å². The third-order valence-corrected chi connectivity index (χ3v) is 3.71. The Hall–Kier alpha value is -2.55. The third kappa shape index (κ3) is 2.00. The van der Waals surface area contributed by atoms with Gasteiger partial charge in [-0.3, -0.25) is 4.57 Å². The van der Waals surface area contributed by atoms with Crippen LogP contribution in [0.15, 0.2) is 6.20 Å². The molecular weight excluding hydrogens is 316 g/mol. The number of hydrogen-bond acceptors (Lipinski definition) is 8. The molecule has 3 heterocycles. The number of nitrogens with zero attached hydrogens (tertiary/aromatic N) is 4. The molecule has 0 amide bonds. The second kappa shape index (κ2) is 4.98. The second-order valence-electron chi connectivity index (χ2n) is 5.05. The van der Waals surface area contributed by atoms with Crippen molar-refractivity contribution in [2.75, 3.05) is 12.3 Å². The number of nitriles is 1. The Morgan fingerprint density at radius 2 is 2.22 bits per heavy atom. The molecular formula is C12H11F2N5O4. The number of aromatic hydroxyl groups is 1. The number of rotatable bonds is 2. The molecule has 0 aromatic carbocycles. The molecule has 1 fully saturated rings. The molecule has 122 valence electrons. The van der Waals surface area contributed by atoms with Crippen LogP contribution in [0.3, 0.4) is 0 Å². The number of alkyl halides is 1. The lowest BCUT2D eigenvalue weighted by atomic mass is 9.99. The fourth-order valence-corrected chi connectivity index (χ4v) is 2.53. The SMILES string of the molecule is N#CC1(CO)OC(n2cc(F)c3c(O)nc(N)nc32)C(F)C1O. The van der Waals surface area contributed by atoms with Gasteiger partial charge >= 0.3 is 0 Å². The summed E-state index contributed by atoms with van der Waals surface area (Å²) in [5.41, 5.74) is 2.90. The predicted molar refractivity (Wildman–Crippen MR) is 70.0 cm³/mol. The Balaban J connectivity index is 2.17. The number of aliphatic hydroxyl groups excluding tert-OH is 2. The van der Waals surface area contributed by atoms with Crippen molar-refractivity contribution in [1.82, 2.24) is 14.5 Å². The van der Waals surface area contributed by atoms with E-state index >= 15 is 0 Å². The highest BCUT2D eigenvalue weighted by atomic mass is 19.1. The first-order valence-electron chi connectivity index (χ1n) is 6.39. The van der Waals surface area contributed by atoms with Crippen molar-refractivity contribution in [1.29, 1.82) is 5.26 Å². The summed E-state index contributed by atoms with van der Waals surface area (Å²) in [6.45, 7) is -0.967. The number of fused-ring (bicyclic) bond motifs is 1. The molecule has 0 spiro atoms. The molecule has 1 aliphatic heterocycles. The van der Waals surface area contributed by atoms with Crippen LogP contribution in [0.5, 0.6) is 5.88 Å². The van der Waals surface area contributed by atoms with Crippen molar-refractivity contribution in [3.63, 3.8) is 0 Å². The molecule has 2 aromatic rings. The summed E-state index contributed by atoms with van der Waals surface area (Å²) in [5, 5.41) is 37.3. The number of nitrogens with two attached hydrogens (primary N) is 1. The summed E-state index contributed by atoms with van der Waals surface area (Å²) >= 11 is 0. The minimum absolute atomic E-state index is 0.279. The van der Waals surface area contributed by atoms with Crippen molar-refractivity contribution in [3.8, 4) is 11.9 Å². The average molecular weight is 327 g/mol. The highest BCUT2D eigenvalue weighted by molar-refractivity contribution is 5.83. The summed E-state index contributed by atoms with van der Waals surface area (Å²) < 4.78 is 34.3. The van der Waals surface area contributed by atoms with Gasteiger partial charge in [-0.15, -0.1) is 0 Å². The molecule has 1 aliphatic rings. The molecule has 5 N–H and O–H groups in total. The van der Waals surface area contributed by atoms with Gasteiger partial charge in [-0.2, -0.15) is 15.2 Å².